The quantitative estimate of drug-likeness (QED) is 0.132. The molecule has 0 bridgehead atoms. The van der Waals surface area contributed by atoms with E-state index in [9.17, 15) is 20.1 Å². The highest BCUT2D eigenvalue weighted by Crippen LogP contribution is 2.21. The lowest BCUT2D eigenvalue weighted by molar-refractivity contribution is -0.426. The maximum Gasteiger partial charge on any atom is 0.330 e. The van der Waals surface area contributed by atoms with Crippen LogP contribution in [0.4, 0.5) is 0 Å². The third kappa shape index (κ3) is 4.49. The lowest BCUT2D eigenvalue weighted by atomic mass is 9.99. The fourth-order valence-electron chi connectivity index (χ4n) is 1.50. The molecule has 4 N–H and O–H groups in total. The standard InChI is InChI=1S/C11H18O9/c1-2-7(13)17-3-4-18-20-11-10(16)9(15)8(14)6(5-12)19-11/h2,6,8-12,14-16H,1,3-5H2/t6?,8-,9?,10?,11?/m0/s1. The molecule has 1 aliphatic rings. The van der Waals surface area contributed by atoms with Gasteiger partial charge in [-0.05, 0) is 0 Å². The van der Waals surface area contributed by atoms with Gasteiger partial charge in [0.1, 0.15) is 37.6 Å². The van der Waals surface area contributed by atoms with Gasteiger partial charge in [0.15, 0.2) is 0 Å². The first-order chi connectivity index (χ1) is 9.51. The van der Waals surface area contributed by atoms with Gasteiger partial charge in [0.25, 0.3) is 0 Å². The van der Waals surface area contributed by atoms with Crippen molar-refractivity contribution in [1.82, 2.24) is 0 Å². The minimum Gasteiger partial charge on any atom is -0.460 e. The van der Waals surface area contributed by atoms with Crippen LogP contribution >= 0.6 is 0 Å². The number of rotatable bonds is 7. The third-order valence-electron chi connectivity index (χ3n) is 2.59. The maximum absolute atomic E-state index is 10.7. The molecule has 9 nitrogen and oxygen atoms in total. The van der Waals surface area contributed by atoms with E-state index >= 15 is 0 Å². The summed E-state index contributed by atoms with van der Waals surface area (Å²) in [6, 6.07) is 0. The second-order valence-electron chi connectivity index (χ2n) is 3.99. The van der Waals surface area contributed by atoms with Crippen molar-refractivity contribution in [2.75, 3.05) is 19.8 Å². The van der Waals surface area contributed by atoms with Crippen molar-refractivity contribution in [3.8, 4) is 0 Å². The highest BCUT2D eigenvalue weighted by molar-refractivity contribution is 5.81. The van der Waals surface area contributed by atoms with E-state index in [1.165, 1.54) is 0 Å². The molecule has 9 heteroatoms. The van der Waals surface area contributed by atoms with Crippen molar-refractivity contribution < 1.29 is 44.5 Å². The van der Waals surface area contributed by atoms with Crippen molar-refractivity contribution in [3.63, 3.8) is 0 Å². The van der Waals surface area contributed by atoms with Gasteiger partial charge >= 0.3 is 5.97 Å². The molecule has 0 aromatic carbocycles. The summed E-state index contributed by atoms with van der Waals surface area (Å²) in [5.74, 6) is -0.624. The largest absolute Gasteiger partial charge is 0.460 e. The van der Waals surface area contributed by atoms with Gasteiger partial charge < -0.3 is 29.9 Å². The smallest absolute Gasteiger partial charge is 0.330 e. The number of ether oxygens (including phenoxy) is 2. The molecule has 0 saturated carbocycles. The van der Waals surface area contributed by atoms with Crippen LogP contribution in [0, 0.1) is 0 Å². The van der Waals surface area contributed by atoms with Crippen LogP contribution in [-0.2, 0) is 24.0 Å². The minimum atomic E-state index is -1.55. The van der Waals surface area contributed by atoms with Gasteiger partial charge in [-0.25, -0.2) is 14.6 Å². The molecule has 1 rings (SSSR count). The normalized spacial score (nSPS) is 33.7. The number of carbonyl (C=O) groups excluding carboxylic acids is 1. The average molecular weight is 294 g/mol. The van der Waals surface area contributed by atoms with E-state index in [1.54, 1.807) is 0 Å². The summed E-state index contributed by atoms with van der Waals surface area (Å²) in [6.07, 6.45) is -6.06. The number of esters is 1. The second kappa shape index (κ2) is 8.27. The monoisotopic (exact) mass is 294 g/mol. The predicted octanol–water partition coefficient (Wildman–Crippen LogP) is -2.54. The Hall–Kier alpha value is -1.07. The van der Waals surface area contributed by atoms with Crippen molar-refractivity contribution in [2.45, 2.75) is 30.7 Å². The van der Waals surface area contributed by atoms with Crippen LogP contribution in [0.5, 0.6) is 0 Å². The molecule has 0 spiro atoms. The number of carbonyl (C=O) groups is 1. The Labute approximate surface area is 114 Å². The van der Waals surface area contributed by atoms with E-state index in [2.05, 4.69) is 21.1 Å². The molecule has 1 saturated heterocycles. The Kier molecular flexibility index (Phi) is 7.02. The van der Waals surface area contributed by atoms with E-state index in [0.29, 0.717) is 0 Å². The Bertz CT molecular complexity index is 319. The summed E-state index contributed by atoms with van der Waals surface area (Å²) in [5.41, 5.74) is 0. The molecule has 0 aromatic rings. The van der Waals surface area contributed by atoms with Gasteiger partial charge in [-0.15, -0.1) is 0 Å². The molecular weight excluding hydrogens is 276 g/mol. The fraction of sp³-hybridized carbons (Fsp3) is 0.727. The number of hydrogen-bond acceptors (Lipinski definition) is 9. The number of aliphatic hydroxyl groups excluding tert-OH is 4. The van der Waals surface area contributed by atoms with E-state index in [-0.39, 0.29) is 13.2 Å². The highest BCUT2D eigenvalue weighted by atomic mass is 17.2. The van der Waals surface area contributed by atoms with Crippen molar-refractivity contribution in [3.05, 3.63) is 12.7 Å². The minimum absolute atomic E-state index is 0.109. The molecule has 0 amide bonds. The fourth-order valence-corrected chi connectivity index (χ4v) is 1.50. The van der Waals surface area contributed by atoms with Crippen LogP contribution in [-0.4, -0.2) is 76.9 Å². The van der Waals surface area contributed by atoms with Crippen molar-refractivity contribution in [1.29, 1.82) is 0 Å². The molecule has 1 aliphatic heterocycles. The number of hydrogen-bond donors (Lipinski definition) is 4. The van der Waals surface area contributed by atoms with Gasteiger partial charge in [0, 0.05) is 6.08 Å². The Morgan fingerprint density at radius 1 is 1.20 bits per heavy atom. The maximum atomic E-state index is 10.7. The highest BCUT2D eigenvalue weighted by Gasteiger charge is 2.44. The van der Waals surface area contributed by atoms with Crippen LogP contribution in [0.2, 0.25) is 0 Å². The van der Waals surface area contributed by atoms with Gasteiger partial charge in [0.05, 0.1) is 6.61 Å². The summed E-state index contributed by atoms with van der Waals surface area (Å²) in [5, 5.41) is 37.5. The van der Waals surface area contributed by atoms with Crippen LogP contribution in [0.1, 0.15) is 0 Å². The van der Waals surface area contributed by atoms with Crippen LogP contribution in [0.15, 0.2) is 12.7 Å². The van der Waals surface area contributed by atoms with Crippen LogP contribution in [0.3, 0.4) is 0 Å². The molecule has 20 heavy (non-hydrogen) atoms. The Morgan fingerprint density at radius 2 is 1.90 bits per heavy atom. The molecule has 0 radical (unpaired) electrons. The average Bonchev–Trinajstić information content (AvgIpc) is 2.46. The third-order valence-corrected chi connectivity index (χ3v) is 2.59. The van der Waals surface area contributed by atoms with Gasteiger partial charge in [-0.1, -0.05) is 6.58 Å². The first kappa shape index (κ1) is 17.0. The molecule has 5 atom stereocenters. The van der Waals surface area contributed by atoms with Crippen molar-refractivity contribution in [2.24, 2.45) is 0 Å². The van der Waals surface area contributed by atoms with Crippen LogP contribution in [0.25, 0.3) is 0 Å². The topological polar surface area (TPSA) is 135 Å². The summed E-state index contributed by atoms with van der Waals surface area (Å²) in [4.78, 5) is 20.0. The Morgan fingerprint density at radius 3 is 2.50 bits per heavy atom. The Balaban J connectivity index is 2.31. The van der Waals surface area contributed by atoms with Gasteiger partial charge in [-0.2, -0.15) is 0 Å². The molecular formula is C11H18O9. The zero-order chi connectivity index (χ0) is 15.1. The number of aliphatic hydroxyl groups is 4. The van der Waals surface area contributed by atoms with Crippen LogP contribution < -0.4 is 0 Å². The van der Waals surface area contributed by atoms with E-state index in [0.717, 1.165) is 6.08 Å². The van der Waals surface area contributed by atoms with E-state index in [1.807, 2.05) is 0 Å². The van der Waals surface area contributed by atoms with Crippen molar-refractivity contribution >= 4 is 5.97 Å². The lowest BCUT2D eigenvalue weighted by Gasteiger charge is -2.38. The van der Waals surface area contributed by atoms with Gasteiger partial charge in [-0.3, -0.25) is 0 Å². The zero-order valence-corrected chi connectivity index (χ0v) is 10.6. The first-order valence-electron chi connectivity index (χ1n) is 5.89. The predicted molar refractivity (Wildman–Crippen MR) is 62.0 cm³/mol. The SMILES string of the molecule is C=CC(=O)OCCOOC1OC(CO)[C@H](O)C(O)C1O. The molecule has 116 valence electrons. The van der Waals surface area contributed by atoms with E-state index in [4.69, 9.17) is 9.84 Å². The lowest BCUT2D eigenvalue weighted by Crippen LogP contribution is -2.59. The second-order valence-corrected chi connectivity index (χ2v) is 3.99. The van der Waals surface area contributed by atoms with E-state index < -0.39 is 43.3 Å². The summed E-state index contributed by atoms with van der Waals surface area (Å²) < 4.78 is 9.59. The molecule has 1 heterocycles. The summed E-state index contributed by atoms with van der Waals surface area (Å²) >= 11 is 0. The summed E-state index contributed by atoms with van der Waals surface area (Å²) in [6.45, 7) is 2.38. The van der Waals surface area contributed by atoms with Gasteiger partial charge in [0.2, 0.25) is 6.29 Å². The molecule has 4 unspecified atom stereocenters. The molecule has 0 aromatic heterocycles. The molecule has 0 aliphatic carbocycles. The zero-order valence-electron chi connectivity index (χ0n) is 10.6. The first-order valence-corrected chi connectivity index (χ1v) is 5.89. The summed E-state index contributed by atoms with van der Waals surface area (Å²) in [7, 11) is 0. The molecule has 1 fully saturated rings.